The van der Waals surface area contributed by atoms with Crippen molar-refractivity contribution in [3.8, 4) is 0 Å². The summed E-state index contributed by atoms with van der Waals surface area (Å²) in [5, 5.41) is 7.77. The molecular weight excluding hydrogens is 413 g/mol. The van der Waals surface area contributed by atoms with Crippen molar-refractivity contribution in [3.05, 3.63) is 45.9 Å². The molecule has 28 heavy (non-hydrogen) atoms. The van der Waals surface area contributed by atoms with E-state index < -0.39 is 11.7 Å². The fourth-order valence-electron chi connectivity index (χ4n) is 3.35. The molecule has 0 N–H and O–H groups in total. The number of nitrogens with zero attached hydrogens (tertiary/aromatic N) is 4. The van der Waals surface area contributed by atoms with Gasteiger partial charge in [-0.05, 0) is 38.8 Å². The predicted octanol–water partition coefficient (Wildman–Crippen LogP) is 5.13. The van der Waals surface area contributed by atoms with Crippen LogP contribution < -0.4 is 0 Å². The van der Waals surface area contributed by atoms with Gasteiger partial charge < -0.3 is 4.57 Å². The number of rotatable bonds is 5. The van der Waals surface area contributed by atoms with Crippen molar-refractivity contribution in [2.45, 2.75) is 44.1 Å². The standard InChI is InChI=1S/C18H16ClF3N4OS/c1-9-5-13(10(2)26(9)12-3-4-12)15(27)8-28-17-24-23-16-14(19)6-11(7-25(16)17)18(20,21)22/h5-7,12H,3-4,8H2,1-2H3. The van der Waals surface area contributed by atoms with Crippen LogP contribution >= 0.6 is 23.4 Å². The Morgan fingerprint density at radius 2 is 2.00 bits per heavy atom. The van der Waals surface area contributed by atoms with Crippen molar-refractivity contribution in [1.29, 1.82) is 0 Å². The molecule has 1 aliphatic carbocycles. The second-order valence-electron chi connectivity index (χ2n) is 6.85. The summed E-state index contributed by atoms with van der Waals surface area (Å²) in [4.78, 5) is 12.7. The molecule has 0 amide bonds. The Bertz CT molecular complexity index is 1080. The SMILES string of the molecule is Cc1cc(C(=O)CSc2nnc3c(Cl)cc(C(F)(F)F)cn23)c(C)n1C1CC1. The molecule has 4 rings (SSSR count). The molecule has 0 aromatic carbocycles. The maximum absolute atomic E-state index is 13.0. The van der Waals surface area contributed by atoms with Gasteiger partial charge in [0.05, 0.1) is 16.3 Å². The molecular formula is C18H16ClF3N4OS. The number of halogens is 4. The van der Waals surface area contributed by atoms with Crippen LogP contribution in [0.4, 0.5) is 13.2 Å². The number of alkyl halides is 3. The third-order valence-electron chi connectivity index (χ3n) is 4.79. The molecule has 3 heterocycles. The van der Waals surface area contributed by atoms with E-state index in [1.54, 1.807) is 0 Å². The van der Waals surface area contributed by atoms with Crippen LogP contribution in [0.1, 0.15) is 46.2 Å². The largest absolute Gasteiger partial charge is 0.417 e. The highest BCUT2D eigenvalue weighted by Crippen LogP contribution is 2.38. The van der Waals surface area contributed by atoms with Crippen LogP contribution in [0.2, 0.25) is 5.02 Å². The monoisotopic (exact) mass is 428 g/mol. The molecule has 10 heteroatoms. The minimum atomic E-state index is -4.54. The number of fused-ring (bicyclic) bond motifs is 1. The molecule has 5 nitrogen and oxygen atoms in total. The number of carbonyl (C=O) groups excluding carboxylic acids is 1. The number of aromatic nitrogens is 4. The predicted molar refractivity (Wildman–Crippen MR) is 100 cm³/mol. The van der Waals surface area contributed by atoms with E-state index in [1.807, 2.05) is 19.9 Å². The molecule has 3 aromatic heterocycles. The van der Waals surface area contributed by atoms with Gasteiger partial charge in [0.15, 0.2) is 16.6 Å². The van der Waals surface area contributed by atoms with Crippen LogP contribution in [-0.2, 0) is 6.18 Å². The first-order valence-corrected chi connectivity index (χ1v) is 9.99. The van der Waals surface area contributed by atoms with E-state index in [0.717, 1.165) is 48.3 Å². The Balaban J connectivity index is 1.58. The lowest BCUT2D eigenvalue weighted by molar-refractivity contribution is -0.137. The minimum Gasteiger partial charge on any atom is -0.345 e. The number of carbonyl (C=O) groups is 1. The van der Waals surface area contributed by atoms with Crippen molar-refractivity contribution < 1.29 is 18.0 Å². The lowest BCUT2D eigenvalue weighted by Crippen LogP contribution is -2.08. The van der Waals surface area contributed by atoms with Crippen LogP contribution in [0.3, 0.4) is 0 Å². The Kier molecular flexibility index (Phi) is 4.70. The van der Waals surface area contributed by atoms with E-state index >= 15 is 0 Å². The summed E-state index contributed by atoms with van der Waals surface area (Å²) in [7, 11) is 0. The molecule has 1 fully saturated rings. The average Bonchev–Trinajstić information content (AvgIpc) is 3.28. The number of hydrogen-bond acceptors (Lipinski definition) is 4. The number of pyridine rings is 1. The van der Waals surface area contributed by atoms with Crippen LogP contribution in [0.25, 0.3) is 5.65 Å². The van der Waals surface area contributed by atoms with Gasteiger partial charge in [0.1, 0.15) is 0 Å². The summed E-state index contributed by atoms with van der Waals surface area (Å²) < 4.78 is 42.5. The summed E-state index contributed by atoms with van der Waals surface area (Å²) >= 11 is 6.95. The molecule has 0 atom stereocenters. The summed E-state index contributed by atoms with van der Waals surface area (Å²) in [6, 6.07) is 3.16. The van der Waals surface area contributed by atoms with Crippen LogP contribution in [0.15, 0.2) is 23.5 Å². The lowest BCUT2D eigenvalue weighted by atomic mass is 10.2. The summed E-state index contributed by atoms with van der Waals surface area (Å²) in [5.41, 5.74) is 1.84. The molecule has 0 bridgehead atoms. The highest BCUT2D eigenvalue weighted by molar-refractivity contribution is 7.99. The normalized spacial score (nSPS) is 14.8. The number of ketones is 1. The zero-order valence-electron chi connectivity index (χ0n) is 15.0. The van der Waals surface area contributed by atoms with Gasteiger partial charge in [-0.25, -0.2) is 0 Å². The first-order chi connectivity index (χ1) is 13.2. The minimum absolute atomic E-state index is 0.0453. The quantitative estimate of drug-likeness (QED) is 0.417. The van der Waals surface area contributed by atoms with Crippen molar-refractivity contribution in [2.75, 3.05) is 5.75 Å². The van der Waals surface area contributed by atoms with Gasteiger partial charge in [0, 0.05) is 29.2 Å². The van der Waals surface area contributed by atoms with E-state index in [0.29, 0.717) is 11.6 Å². The zero-order chi connectivity index (χ0) is 20.2. The third kappa shape index (κ3) is 3.41. The Morgan fingerprint density at radius 3 is 2.64 bits per heavy atom. The fourth-order valence-corrected chi connectivity index (χ4v) is 4.39. The second kappa shape index (κ2) is 6.81. The van der Waals surface area contributed by atoms with Gasteiger partial charge in [-0.3, -0.25) is 9.20 Å². The maximum Gasteiger partial charge on any atom is 0.417 e. The number of thioether (sulfide) groups is 1. The summed E-state index contributed by atoms with van der Waals surface area (Å²) in [5.74, 6) is -0.0521. The smallest absolute Gasteiger partial charge is 0.345 e. The van der Waals surface area contributed by atoms with Crippen molar-refractivity contribution in [1.82, 2.24) is 19.2 Å². The lowest BCUT2D eigenvalue weighted by Gasteiger charge is -2.09. The average molecular weight is 429 g/mol. The molecule has 0 spiro atoms. The Hall–Kier alpha value is -2.00. The highest BCUT2D eigenvalue weighted by Gasteiger charge is 2.32. The fraction of sp³-hybridized carbons (Fsp3) is 0.389. The van der Waals surface area contributed by atoms with Gasteiger partial charge in [-0.15, -0.1) is 10.2 Å². The Labute approximate surface area is 167 Å². The molecule has 0 radical (unpaired) electrons. The van der Waals surface area contributed by atoms with E-state index in [1.165, 1.54) is 4.40 Å². The number of aryl methyl sites for hydroxylation is 1. The molecule has 0 unspecified atom stereocenters. The molecule has 0 aliphatic heterocycles. The molecule has 1 saturated carbocycles. The number of Topliss-reactive ketones (excluding diaryl/α,β-unsaturated/α-hetero) is 1. The van der Waals surface area contributed by atoms with Gasteiger partial charge >= 0.3 is 6.18 Å². The van der Waals surface area contributed by atoms with Gasteiger partial charge in [-0.1, -0.05) is 23.4 Å². The summed E-state index contributed by atoms with van der Waals surface area (Å²) in [6.45, 7) is 3.90. The van der Waals surface area contributed by atoms with Crippen molar-refractivity contribution in [3.63, 3.8) is 0 Å². The summed E-state index contributed by atoms with van der Waals surface area (Å²) in [6.07, 6.45) is -1.41. The van der Waals surface area contributed by atoms with E-state index in [9.17, 15) is 18.0 Å². The van der Waals surface area contributed by atoms with Crippen LogP contribution in [-0.4, -0.2) is 30.7 Å². The highest BCUT2D eigenvalue weighted by atomic mass is 35.5. The molecule has 3 aromatic rings. The van der Waals surface area contributed by atoms with Crippen LogP contribution in [0, 0.1) is 13.8 Å². The maximum atomic E-state index is 13.0. The van der Waals surface area contributed by atoms with Gasteiger partial charge in [-0.2, -0.15) is 13.2 Å². The third-order valence-corrected chi connectivity index (χ3v) is 6.01. The zero-order valence-corrected chi connectivity index (χ0v) is 16.6. The van der Waals surface area contributed by atoms with E-state index in [-0.39, 0.29) is 27.4 Å². The molecule has 0 saturated heterocycles. The first kappa shape index (κ1) is 19.3. The van der Waals surface area contributed by atoms with Crippen molar-refractivity contribution >= 4 is 34.8 Å². The molecule has 148 valence electrons. The first-order valence-electron chi connectivity index (χ1n) is 8.62. The van der Waals surface area contributed by atoms with E-state index in [4.69, 9.17) is 11.6 Å². The number of hydrogen-bond donors (Lipinski definition) is 0. The topological polar surface area (TPSA) is 52.2 Å². The Morgan fingerprint density at radius 1 is 1.29 bits per heavy atom. The van der Waals surface area contributed by atoms with E-state index in [2.05, 4.69) is 14.8 Å². The van der Waals surface area contributed by atoms with Crippen LogP contribution in [0.5, 0.6) is 0 Å². The van der Waals surface area contributed by atoms with Gasteiger partial charge in [0.25, 0.3) is 0 Å². The molecule has 1 aliphatic rings. The van der Waals surface area contributed by atoms with Crippen molar-refractivity contribution in [2.24, 2.45) is 0 Å². The second-order valence-corrected chi connectivity index (χ2v) is 8.20. The van der Waals surface area contributed by atoms with Gasteiger partial charge in [0.2, 0.25) is 0 Å².